The first-order chi connectivity index (χ1) is 4.76. The number of amides is 1. The molecule has 11 heavy (non-hydrogen) atoms. The topological polar surface area (TPSA) is 20.3 Å². The van der Waals surface area contributed by atoms with Gasteiger partial charge < -0.3 is 4.90 Å². The second kappa shape index (κ2) is 3.11. The molecule has 66 valence electrons. The molecule has 0 rings (SSSR count). The second-order valence-electron chi connectivity index (χ2n) is 2.50. The molecule has 0 aliphatic heterocycles. The number of carbonyl (C=O) groups excluding carboxylic acids is 1. The molecule has 0 aromatic heterocycles. The predicted octanol–water partition coefficient (Wildman–Crippen LogP) is 1.27. The van der Waals surface area contributed by atoms with E-state index in [0.717, 1.165) is 11.8 Å². The molecule has 1 atom stereocenters. The second-order valence-corrected chi connectivity index (χ2v) is 2.50. The van der Waals surface area contributed by atoms with Crippen LogP contribution in [0.15, 0.2) is 0 Å². The van der Waals surface area contributed by atoms with E-state index in [-0.39, 0.29) is 0 Å². The Morgan fingerprint density at radius 2 is 1.73 bits per heavy atom. The van der Waals surface area contributed by atoms with Crippen molar-refractivity contribution in [3.8, 4) is 0 Å². The van der Waals surface area contributed by atoms with Crippen molar-refractivity contribution in [3.63, 3.8) is 0 Å². The van der Waals surface area contributed by atoms with Gasteiger partial charge in [0.15, 0.2) is 0 Å². The maximum atomic E-state index is 11.8. The summed E-state index contributed by atoms with van der Waals surface area (Å²) in [6, 6.07) is 0. The lowest BCUT2D eigenvalue weighted by atomic mass is 10.1. The van der Waals surface area contributed by atoms with Crippen molar-refractivity contribution in [2.75, 3.05) is 14.1 Å². The molecule has 5 heteroatoms. The smallest absolute Gasteiger partial charge is 0.348 e. The van der Waals surface area contributed by atoms with Crippen molar-refractivity contribution in [1.29, 1.82) is 0 Å². The zero-order valence-electron chi connectivity index (χ0n) is 6.57. The Morgan fingerprint density at radius 3 is 1.82 bits per heavy atom. The van der Waals surface area contributed by atoms with Crippen LogP contribution in [-0.4, -0.2) is 31.1 Å². The van der Waals surface area contributed by atoms with Crippen LogP contribution in [-0.2, 0) is 4.79 Å². The molecule has 0 aromatic rings. The Morgan fingerprint density at radius 1 is 1.36 bits per heavy atom. The van der Waals surface area contributed by atoms with Crippen molar-refractivity contribution in [1.82, 2.24) is 4.90 Å². The lowest BCUT2D eigenvalue weighted by Gasteiger charge is -2.18. The van der Waals surface area contributed by atoms with Crippen molar-refractivity contribution < 1.29 is 18.0 Å². The van der Waals surface area contributed by atoms with E-state index in [4.69, 9.17) is 0 Å². The minimum absolute atomic E-state index is 0.850. The molecule has 0 saturated heterocycles. The molecule has 2 nitrogen and oxygen atoms in total. The van der Waals surface area contributed by atoms with E-state index in [1.54, 1.807) is 0 Å². The van der Waals surface area contributed by atoms with Gasteiger partial charge in [0, 0.05) is 14.1 Å². The van der Waals surface area contributed by atoms with Crippen molar-refractivity contribution >= 4 is 5.91 Å². The first-order valence-electron chi connectivity index (χ1n) is 3.04. The highest BCUT2D eigenvalue weighted by Gasteiger charge is 2.41. The molecule has 0 spiro atoms. The molecule has 0 N–H and O–H groups in total. The minimum atomic E-state index is -4.43. The van der Waals surface area contributed by atoms with Gasteiger partial charge in [0.1, 0.15) is 5.92 Å². The third kappa shape index (κ3) is 2.78. The van der Waals surface area contributed by atoms with Gasteiger partial charge in [-0.2, -0.15) is 13.2 Å². The van der Waals surface area contributed by atoms with Crippen LogP contribution in [0, 0.1) is 5.92 Å². The van der Waals surface area contributed by atoms with Gasteiger partial charge in [0.25, 0.3) is 0 Å². The lowest BCUT2D eigenvalue weighted by Crippen LogP contribution is -2.36. The average molecular weight is 169 g/mol. The summed E-state index contributed by atoms with van der Waals surface area (Å²) in [7, 11) is 2.59. The quantitative estimate of drug-likeness (QED) is 0.578. The first kappa shape index (κ1) is 10.3. The molecule has 0 aromatic carbocycles. The van der Waals surface area contributed by atoms with Gasteiger partial charge in [0.05, 0.1) is 0 Å². The number of alkyl halides is 3. The van der Waals surface area contributed by atoms with E-state index in [2.05, 4.69) is 0 Å². The van der Waals surface area contributed by atoms with E-state index >= 15 is 0 Å². The zero-order chi connectivity index (χ0) is 9.23. The molecule has 0 bridgehead atoms. The molecule has 0 aliphatic carbocycles. The molecular weight excluding hydrogens is 159 g/mol. The maximum Gasteiger partial charge on any atom is 0.400 e. The summed E-state index contributed by atoms with van der Waals surface area (Å²) in [5.74, 6) is -2.82. The summed E-state index contributed by atoms with van der Waals surface area (Å²) in [6.45, 7) is 0.850. The van der Waals surface area contributed by atoms with Crippen LogP contribution in [0.3, 0.4) is 0 Å². The number of hydrogen-bond acceptors (Lipinski definition) is 1. The molecule has 0 radical (unpaired) electrons. The third-order valence-corrected chi connectivity index (χ3v) is 1.30. The Balaban J connectivity index is 4.26. The van der Waals surface area contributed by atoms with Crippen molar-refractivity contribution in [2.24, 2.45) is 5.92 Å². The fourth-order valence-electron chi connectivity index (χ4n) is 0.527. The van der Waals surface area contributed by atoms with Crippen LogP contribution in [0.2, 0.25) is 0 Å². The van der Waals surface area contributed by atoms with Gasteiger partial charge in [-0.1, -0.05) is 0 Å². The van der Waals surface area contributed by atoms with Crippen LogP contribution in [0.1, 0.15) is 6.92 Å². The molecule has 1 amide bonds. The lowest BCUT2D eigenvalue weighted by molar-refractivity contribution is -0.183. The summed E-state index contributed by atoms with van der Waals surface area (Å²) < 4.78 is 35.4. The van der Waals surface area contributed by atoms with E-state index < -0.39 is 18.0 Å². The first-order valence-corrected chi connectivity index (χ1v) is 3.04. The number of halogens is 3. The summed E-state index contributed by atoms with van der Waals surface area (Å²) in [5.41, 5.74) is 0. The fourth-order valence-corrected chi connectivity index (χ4v) is 0.527. The fraction of sp³-hybridized carbons (Fsp3) is 0.833. The minimum Gasteiger partial charge on any atom is -0.348 e. The molecule has 0 fully saturated rings. The summed E-state index contributed by atoms with van der Waals surface area (Å²) in [5, 5.41) is 0. The normalized spacial score (nSPS) is 14.4. The molecule has 0 saturated carbocycles. The van der Waals surface area contributed by atoms with Gasteiger partial charge in [-0.3, -0.25) is 4.79 Å². The predicted molar refractivity (Wildman–Crippen MR) is 33.9 cm³/mol. The Hall–Kier alpha value is -0.740. The van der Waals surface area contributed by atoms with Crippen molar-refractivity contribution in [3.05, 3.63) is 0 Å². The van der Waals surface area contributed by atoms with Crippen LogP contribution in [0.5, 0.6) is 0 Å². The molecule has 0 aliphatic rings. The van der Waals surface area contributed by atoms with Crippen molar-refractivity contribution in [2.45, 2.75) is 13.1 Å². The Kier molecular flexibility index (Phi) is 2.90. The molecular formula is C6H10F3NO. The molecule has 1 unspecified atom stereocenters. The number of carbonyl (C=O) groups is 1. The number of rotatable bonds is 1. The Labute approximate surface area is 63.0 Å². The van der Waals surface area contributed by atoms with Gasteiger partial charge in [-0.15, -0.1) is 0 Å². The van der Waals surface area contributed by atoms with Crippen LogP contribution in [0.25, 0.3) is 0 Å². The van der Waals surface area contributed by atoms with Gasteiger partial charge in [-0.05, 0) is 6.92 Å². The average Bonchev–Trinajstić information content (AvgIpc) is 1.82. The van der Waals surface area contributed by atoms with E-state index in [1.165, 1.54) is 14.1 Å². The number of hydrogen-bond donors (Lipinski definition) is 0. The van der Waals surface area contributed by atoms with E-state index in [9.17, 15) is 18.0 Å². The largest absolute Gasteiger partial charge is 0.400 e. The SMILES string of the molecule is CC(C(=O)N(C)C)C(F)(F)F. The van der Waals surface area contributed by atoms with Crippen LogP contribution < -0.4 is 0 Å². The van der Waals surface area contributed by atoms with E-state index in [0.29, 0.717) is 0 Å². The third-order valence-electron chi connectivity index (χ3n) is 1.30. The maximum absolute atomic E-state index is 11.8. The highest BCUT2D eigenvalue weighted by molar-refractivity contribution is 5.78. The standard InChI is InChI=1S/C6H10F3NO/c1-4(6(7,8)9)5(11)10(2)3/h4H,1-3H3. The monoisotopic (exact) mass is 169 g/mol. The van der Waals surface area contributed by atoms with Gasteiger partial charge in [0.2, 0.25) is 5.91 Å². The van der Waals surface area contributed by atoms with Gasteiger partial charge >= 0.3 is 6.18 Å². The Bertz CT molecular complexity index is 152. The van der Waals surface area contributed by atoms with Crippen LogP contribution >= 0.6 is 0 Å². The van der Waals surface area contributed by atoms with E-state index in [1.807, 2.05) is 0 Å². The zero-order valence-corrected chi connectivity index (χ0v) is 6.57. The van der Waals surface area contributed by atoms with Crippen LogP contribution in [0.4, 0.5) is 13.2 Å². The summed E-state index contributed by atoms with van der Waals surface area (Å²) >= 11 is 0. The number of nitrogens with zero attached hydrogens (tertiary/aromatic N) is 1. The molecule has 0 heterocycles. The highest BCUT2D eigenvalue weighted by Crippen LogP contribution is 2.26. The van der Waals surface area contributed by atoms with Gasteiger partial charge in [-0.25, -0.2) is 0 Å². The highest BCUT2D eigenvalue weighted by atomic mass is 19.4. The summed E-state index contributed by atoms with van der Waals surface area (Å²) in [6.07, 6.45) is -4.43. The summed E-state index contributed by atoms with van der Waals surface area (Å²) in [4.78, 5) is 11.6.